The zero-order valence-corrected chi connectivity index (χ0v) is 9.03. The Morgan fingerprint density at radius 1 is 1.36 bits per heavy atom. The number of likely N-dealkylation sites (N-methyl/N-ethyl adjacent to an activating group) is 1. The van der Waals surface area contributed by atoms with Crippen LogP contribution in [0.5, 0.6) is 0 Å². The minimum Gasteiger partial charge on any atom is -0.290 e. The van der Waals surface area contributed by atoms with Gasteiger partial charge in [-0.15, -0.1) is 0 Å². The molecule has 0 unspecified atom stereocenters. The molecule has 0 radical (unpaired) electrons. The molecule has 0 saturated heterocycles. The van der Waals surface area contributed by atoms with Crippen LogP contribution in [0.3, 0.4) is 0 Å². The summed E-state index contributed by atoms with van der Waals surface area (Å²) in [6.07, 6.45) is 5.64. The largest absolute Gasteiger partial charge is 0.290 e. The number of benzene rings is 1. The monoisotopic (exact) mass is 188 g/mol. The quantitative estimate of drug-likeness (QED) is 0.494. The minimum atomic E-state index is 1.07. The van der Waals surface area contributed by atoms with Gasteiger partial charge in [-0.25, -0.2) is 0 Å². The highest BCUT2D eigenvalue weighted by atomic mass is 15.3. The standard InChI is InChI=1S/C13H18N/c1-3-4-10-14(2)11-9-12-7-5-6-8-13(12)14/h3-8H,9-11H2,1-2H3/q+1/t14-/m0/s1. The molecule has 0 amide bonds. The van der Waals surface area contributed by atoms with Gasteiger partial charge < -0.3 is 0 Å². The van der Waals surface area contributed by atoms with Crippen LogP contribution in [0.25, 0.3) is 0 Å². The van der Waals surface area contributed by atoms with Gasteiger partial charge in [0.2, 0.25) is 0 Å². The van der Waals surface area contributed by atoms with E-state index in [2.05, 4.69) is 50.4 Å². The molecule has 14 heavy (non-hydrogen) atoms. The summed E-state index contributed by atoms with van der Waals surface area (Å²) in [5.74, 6) is 0. The SMILES string of the molecule is CC=CC[N@@+]1(C)CCc2ccccc21. The number of nitrogens with zero attached hydrogens (tertiary/aromatic N) is 1. The van der Waals surface area contributed by atoms with Crippen LogP contribution in [0.4, 0.5) is 5.69 Å². The third kappa shape index (κ3) is 1.48. The maximum Gasteiger partial charge on any atom is 0.136 e. The smallest absolute Gasteiger partial charge is 0.136 e. The van der Waals surface area contributed by atoms with Crippen molar-refractivity contribution in [2.45, 2.75) is 13.3 Å². The number of hydrogen-bond donors (Lipinski definition) is 0. The molecule has 0 saturated carbocycles. The molecule has 0 spiro atoms. The highest BCUT2D eigenvalue weighted by Gasteiger charge is 2.32. The first kappa shape index (κ1) is 9.47. The molecule has 74 valence electrons. The average molecular weight is 188 g/mol. The molecule has 1 aromatic rings. The van der Waals surface area contributed by atoms with Gasteiger partial charge in [0.25, 0.3) is 0 Å². The molecular weight excluding hydrogens is 170 g/mol. The Balaban J connectivity index is 2.32. The van der Waals surface area contributed by atoms with E-state index in [-0.39, 0.29) is 0 Å². The van der Waals surface area contributed by atoms with Crippen LogP contribution in [0, 0.1) is 0 Å². The fourth-order valence-electron chi connectivity index (χ4n) is 2.26. The summed E-state index contributed by atoms with van der Waals surface area (Å²) in [7, 11) is 2.33. The molecule has 0 fully saturated rings. The normalized spacial score (nSPS) is 25.6. The molecule has 1 aliphatic heterocycles. The zero-order valence-electron chi connectivity index (χ0n) is 9.03. The van der Waals surface area contributed by atoms with Gasteiger partial charge in [-0.3, -0.25) is 4.48 Å². The molecule has 1 nitrogen and oxygen atoms in total. The molecular formula is C13H18N+. The van der Waals surface area contributed by atoms with Crippen molar-refractivity contribution in [2.75, 3.05) is 20.1 Å². The number of quaternary nitrogens is 1. The molecule has 0 aromatic heterocycles. The van der Waals surface area contributed by atoms with Crippen LogP contribution in [-0.4, -0.2) is 20.1 Å². The highest BCUT2D eigenvalue weighted by Crippen LogP contribution is 2.32. The fourth-order valence-corrected chi connectivity index (χ4v) is 2.26. The molecule has 0 aliphatic carbocycles. The second-order valence-corrected chi connectivity index (χ2v) is 4.25. The summed E-state index contributed by atoms with van der Waals surface area (Å²) in [5, 5.41) is 0. The summed E-state index contributed by atoms with van der Waals surface area (Å²) in [4.78, 5) is 0. The summed E-state index contributed by atoms with van der Waals surface area (Å²) >= 11 is 0. The first-order chi connectivity index (χ1) is 6.76. The summed E-state index contributed by atoms with van der Waals surface area (Å²) < 4.78 is 1.07. The Kier molecular flexibility index (Phi) is 2.42. The van der Waals surface area contributed by atoms with Crippen LogP contribution < -0.4 is 4.48 Å². The van der Waals surface area contributed by atoms with Crippen LogP contribution >= 0.6 is 0 Å². The molecule has 1 atom stereocenters. The van der Waals surface area contributed by atoms with Crippen LogP contribution in [0.15, 0.2) is 36.4 Å². The lowest BCUT2D eigenvalue weighted by atomic mass is 10.2. The van der Waals surface area contributed by atoms with Gasteiger partial charge in [0, 0.05) is 12.0 Å². The van der Waals surface area contributed by atoms with Crippen LogP contribution in [-0.2, 0) is 6.42 Å². The van der Waals surface area contributed by atoms with Crippen molar-refractivity contribution in [1.29, 1.82) is 0 Å². The molecule has 2 rings (SSSR count). The van der Waals surface area contributed by atoms with Gasteiger partial charge in [-0.05, 0) is 19.1 Å². The third-order valence-electron chi connectivity index (χ3n) is 3.19. The van der Waals surface area contributed by atoms with Crippen molar-refractivity contribution in [1.82, 2.24) is 4.48 Å². The fraction of sp³-hybridized carbons (Fsp3) is 0.385. The van der Waals surface area contributed by atoms with Gasteiger partial charge in [-0.1, -0.05) is 24.3 Å². The van der Waals surface area contributed by atoms with E-state index in [0.717, 1.165) is 11.0 Å². The Morgan fingerprint density at radius 2 is 2.14 bits per heavy atom. The zero-order chi connectivity index (χ0) is 10.0. The molecule has 1 aromatic carbocycles. The van der Waals surface area contributed by atoms with Crippen molar-refractivity contribution < 1.29 is 0 Å². The van der Waals surface area contributed by atoms with Crippen LogP contribution in [0.2, 0.25) is 0 Å². The van der Waals surface area contributed by atoms with E-state index in [9.17, 15) is 0 Å². The number of allylic oxidation sites excluding steroid dienone is 1. The molecule has 0 N–H and O–H groups in total. The minimum absolute atomic E-state index is 1.07. The highest BCUT2D eigenvalue weighted by molar-refractivity contribution is 5.54. The lowest BCUT2D eigenvalue weighted by molar-refractivity contribution is 0.394. The van der Waals surface area contributed by atoms with E-state index in [1.54, 1.807) is 0 Å². The van der Waals surface area contributed by atoms with Crippen LogP contribution in [0.1, 0.15) is 12.5 Å². The topological polar surface area (TPSA) is 0 Å². The van der Waals surface area contributed by atoms with Gasteiger partial charge in [0.1, 0.15) is 12.2 Å². The van der Waals surface area contributed by atoms with E-state index in [4.69, 9.17) is 0 Å². The van der Waals surface area contributed by atoms with Gasteiger partial charge in [-0.2, -0.15) is 0 Å². The van der Waals surface area contributed by atoms with Crippen molar-refractivity contribution in [3.05, 3.63) is 42.0 Å². The van der Waals surface area contributed by atoms with E-state index in [1.165, 1.54) is 24.2 Å². The van der Waals surface area contributed by atoms with Crippen molar-refractivity contribution in [2.24, 2.45) is 0 Å². The maximum absolute atomic E-state index is 2.33. The van der Waals surface area contributed by atoms with E-state index in [1.807, 2.05) is 0 Å². The first-order valence-corrected chi connectivity index (χ1v) is 5.30. The lowest BCUT2D eigenvalue weighted by Crippen LogP contribution is -2.43. The Morgan fingerprint density at radius 3 is 2.93 bits per heavy atom. The molecule has 1 aliphatic rings. The molecule has 1 heterocycles. The van der Waals surface area contributed by atoms with Crippen molar-refractivity contribution in [3.63, 3.8) is 0 Å². The predicted octanol–water partition coefficient (Wildman–Crippen LogP) is 2.76. The summed E-state index contributed by atoms with van der Waals surface area (Å²) in [6.45, 7) is 4.45. The first-order valence-electron chi connectivity index (χ1n) is 5.30. The van der Waals surface area contributed by atoms with E-state index >= 15 is 0 Å². The van der Waals surface area contributed by atoms with Crippen molar-refractivity contribution >= 4 is 5.69 Å². The number of fused-ring (bicyclic) bond motifs is 1. The Hall–Kier alpha value is -1.08. The maximum atomic E-state index is 2.33. The number of rotatable bonds is 2. The predicted molar refractivity (Wildman–Crippen MR) is 62.4 cm³/mol. The molecule has 0 bridgehead atoms. The molecule has 1 heteroatoms. The summed E-state index contributed by atoms with van der Waals surface area (Å²) in [5.41, 5.74) is 3.03. The second-order valence-electron chi connectivity index (χ2n) is 4.25. The summed E-state index contributed by atoms with van der Waals surface area (Å²) in [6, 6.07) is 8.82. The van der Waals surface area contributed by atoms with Gasteiger partial charge >= 0.3 is 0 Å². The van der Waals surface area contributed by atoms with E-state index < -0.39 is 0 Å². The van der Waals surface area contributed by atoms with E-state index in [0.29, 0.717) is 0 Å². The lowest BCUT2D eigenvalue weighted by Gasteiger charge is -2.28. The Bertz CT molecular complexity index is 354. The van der Waals surface area contributed by atoms with Gasteiger partial charge in [0.05, 0.1) is 13.6 Å². The second kappa shape index (κ2) is 3.58. The third-order valence-corrected chi connectivity index (χ3v) is 3.19. The number of para-hydroxylation sites is 1. The number of hydrogen-bond acceptors (Lipinski definition) is 0. The van der Waals surface area contributed by atoms with Crippen molar-refractivity contribution in [3.8, 4) is 0 Å². The average Bonchev–Trinajstić information content (AvgIpc) is 2.55. The Labute approximate surface area is 86.3 Å². The van der Waals surface area contributed by atoms with Gasteiger partial charge in [0.15, 0.2) is 0 Å².